The number of likely N-dealkylation sites (tertiary alicyclic amines) is 1. The lowest BCUT2D eigenvalue weighted by atomic mass is 9.96. The Balaban J connectivity index is 1.50. The monoisotopic (exact) mass is 337 g/mol. The molecule has 5 heteroatoms. The van der Waals surface area contributed by atoms with Gasteiger partial charge >= 0.3 is 0 Å². The summed E-state index contributed by atoms with van der Waals surface area (Å²) in [7, 11) is 0. The average Bonchev–Trinajstić information content (AvgIpc) is 2.67. The van der Waals surface area contributed by atoms with E-state index >= 15 is 0 Å². The van der Waals surface area contributed by atoms with Crippen LogP contribution in [-0.4, -0.2) is 30.4 Å². The SMILES string of the molecule is N#Cc1ccc(NCC2CCN(C(=O)c3ccccc3)CC2)c(F)c1. The highest BCUT2D eigenvalue weighted by Crippen LogP contribution is 2.21. The van der Waals surface area contributed by atoms with Crippen LogP contribution in [0.2, 0.25) is 0 Å². The van der Waals surface area contributed by atoms with E-state index in [2.05, 4.69) is 5.32 Å². The quantitative estimate of drug-likeness (QED) is 0.926. The first-order valence-corrected chi connectivity index (χ1v) is 8.45. The second-order valence-corrected chi connectivity index (χ2v) is 6.29. The lowest BCUT2D eigenvalue weighted by Gasteiger charge is -2.32. The highest BCUT2D eigenvalue weighted by Gasteiger charge is 2.23. The van der Waals surface area contributed by atoms with E-state index in [0.717, 1.165) is 31.5 Å². The third kappa shape index (κ3) is 4.16. The standard InChI is InChI=1S/C20H20FN3O/c21-18-12-16(13-22)6-7-19(18)23-14-15-8-10-24(11-9-15)20(25)17-4-2-1-3-5-17/h1-7,12,15,23H,8-11,14H2. The Kier molecular flexibility index (Phi) is 5.30. The second kappa shape index (κ2) is 7.80. The minimum absolute atomic E-state index is 0.0742. The number of piperidine rings is 1. The number of hydrogen-bond acceptors (Lipinski definition) is 3. The van der Waals surface area contributed by atoms with Crippen LogP contribution in [0.25, 0.3) is 0 Å². The number of carbonyl (C=O) groups is 1. The first-order chi connectivity index (χ1) is 12.2. The number of benzene rings is 2. The summed E-state index contributed by atoms with van der Waals surface area (Å²) in [5.74, 6) is 0.0655. The molecule has 2 aromatic rings. The first kappa shape index (κ1) is 17.0. The van der Waals surface area contributed by atoms with Crippen molar-refractivity contribution in [1.29, 1.82) is 5.26 Å². The summed E-state index contributed by atoms with van der Waals surface area (Å²) in [4.78, 5) is 14.3. The molecule has 1 heterocycles. The number of anilines is 1. The fourth-order valence-electron chi connectivity index (χ4n) is 3.09. The van der Waals surface area contributed by atoms with Crippen molar-refractivity contribution in [3.05, 3.63) is 65.5 Å². The molecular weight excluding hydrogens is 317 g/mol. The molecule has 0 bridgehead atoms. The van der Waals surface area contributed by atoms with E-state index < -0.39 is 5.82 Å². The molecule has 0 aromatic heterocycles. The maximum absolute atomic E-state index is 13.9. The minimum atomic E-state index is -0.407. The number of hydrogen-bond donors (Lipinski definition) is 1. The van der Waals surface area contributed by atoms with Gasteiger partial charge in [-0.25, -0.2) is 4.39 Å². The van der Waals surface area contributed by atoms with Crippen LogP contribution in [0.1, 0.15) is 28.8 Å². The molecule has 0 unspecified atom stereocenters. The van der Waals surface area contributed by atoms with Gasteiger partial charge in [0.25, 0.3) is 5.91 Å². The molecular formula is C20H20FN3O. The maximum atomic E-state index is 13.9. The van der Waals surface area contributed by atoms with Crippen LogP contribution in [0.4, 0.5) is 10.1 Å². The minimum Gasteiger partial charge on any atom is -0.382 e. The Labute approximate surface area is 146 Å². The van der Waals surface area contributed by atoms with Crippen LogP contribution in [0.3, 0.4) is 0 Å². The smallest absolute Gasteiger partial charge is 0.253 e. The molecule has 4 nitrogen and oxygen atoms in total. The normalized spacial score (nSPS) is 14.8. The van der Waals surface area contributed by atoms with Gasteiger partial charge in [0.15, 0.2) is 0 Å². The van der Waals surface area contributed by atoms with E-state index in [1.165, 1.54) is 6.07 Å². The van der Waals surface area contributed by atoms with Gasteiger partial charge in [-0.05, 0) is 49.1 Å². The predicted molar refractivity (Wildman–Crippen MR) is 94.7 cm³/mol. The van der Waals surface area contributed by atoms with Gasteiger partial charge < -0.3 is 10.2 Å². The Bertz CT molecular complexity index is 777. The van der Waals surface area contributed by atoms with Gasteiger partial charge in [-0.1, -0.05) is 18.2 Å². The fraction of sp³-hybridized carbons (Fsp3) is 0.300. The zero-order valence-electron chi connectivity index (χ0n) is 13.9. The molecule has 1 saturated heterocycles. The number of rotatable bonds is 4. The van der Waals surface area contributed by atoms with Crippen molar-refractivity contribution in [1.82, 2.24) is 4.90 Å². The lowest BCUT2D eigenvalue weighted by Crippen LogP contribution is -2.39. The molecule has 1 N–H and O–H groups in total. The van der Waals surface area contributed by atoms with Crippen LogP contribution >= 0.6 is 0 Å². The third-order valence-corrected chi connectivity index (χ3v) is 4.60. The fourth-order valence-corrected chi connectivity index (χ4v) is 3.09. The van der Waals surface area contributed by atoms with Crippen molar-refractivity contribution in [2.75, 3.05) is 25.0 Å². The Morgan fingerprint density at radius 3 is 2.56 bits per heavy atom. The summed E-state index contributed by atoms with van der Waals surface area (Å²) >= 11 is 0. The third-order valence-electron chi connectivity index (χ3n) is 4.60. The second-order valence-electron chi connectivity index (χ2n) is 6.29. The molecule has 0 spiro atoms. The molecule has 0 aliphatic carbocycles. The molecule has 0 atom stereocenters. The highest BCUT2D eigenvalue weighted by molar-refractivity contribution is 5.94. The molecule has 2 aromatic carbocycles. The molecule has 1 aliphatic heterocycles. The number of halogens is 1. The van der Waals surface area contributed by atoms with E-state index in [1.807, 2.05) is 41.3 Å². The zero-order valence-corrected chi connectivity index (χ0v) is 13.9. The molecule has 0 saturated carbocycles. The number of nitriles is 1. The van der Waals surface area contributed by atoms with E-state index in [9.17, 15) is 9.18 Å². The molecule has 0 radical (unpaired) electrons. The van der Waals surface area contributed by atoms with Crippen LogP contribution < -0.4 is 5.32 Å². The molecule has 25 heavy (non-hydrogen) atoms. The molecule has 1 aliphatic rings. The summed E-state index contributed by atoms with van der Waals surface area (Å²) in [5, 5.41) is 11.9. The Hall–Kier alpha value is -2.87. The summed E-state index contributed by atoms with van der Waals surface area (Å²) < 4.78 is 13.9. The Morgan fingerprint density at radius 1 is 1.20 bits per heavy atom. The van der Waals surface area contributed by atoms with Crippen LogP contribution in [0, 0.1) is 23.1 Å². The van der Waals surface area contributed by atoms with E-state index in [4.69, 9.17) is 5.26 Å². The van der Waals surface area contributed by atoms with Gasteiger partial charge in [0, 0.05) is 25.2 Å². The number of carbonyl (C=O) groups excluding carboxylic acids is 1. The van der Waals surface area contributed by atoms with Gasteiger partial charge in [-0.15, -0.1) is 0 Å². The predicted octanol–water partition coefficient (Wildman–Crippen LogP) is 3.66. The van der Waals surface area contributed by atoms with E-state index in [-0.39, 0.29) is 5.91 Å². The summed E-state index contributed by atoms with van der Waals surface area (Å²) in [6.45, 7) is 2.10. The number of amides is 1. The molecule has 1 amide bonds. The molecule has 3 rings (SSSR count). The first-order valence-electron chi connectivity index (χ1n) is 8.45. The summed E-state index contributed by atoms with van der Waals surface area (Å²) in [5.41, 5.74) is 1.45. The van der Waals surface area contributed by atoms with Gasteiger partial charge in [-0.3, -0.25) is 4.79 Å². The van der Waals surface area contributed by atoms with Crippen molar-refractivity contribution < 1.29 is 9.18 Å². The summed E-state index contributed by atoms with van der Waals surface area (Å²) in [6, 6.07) is 15.7. The van der Waals surface area contributed by atoms with E-state index in [1.54, 1.807) is 12.1 Å². The average molecular weight is 337 g/mol. The van der Waals surface area contributed by atoms with E-state index in [0.29, 0.717) is 23.7 Å². The summed E-state index contributed by atoms with van der Waals surface area (Å²) in [6.07, 6.45) is 1.78. The van der Waals surface area contributed by atoms with Gasteiger partial charge in [0.1, 0.15) is 5.82 Å². The van der Waals surface area contributed by atoms with Gasteiger partial charge in [-0.2, -0.15) is 5.26 Å². The van der Waals surface area contributed by atoms with Crippen molar-refractivity contribution >= 4 is 11.6 Å². The maximum Gasteiger partial charge on any atom is 0.253 e. The van der Waals surface area contributed by atoms with Crippen molar-refractivity contribution in [2.45, 2.75) is 12.8 Å². The number of nitrogens with zero attached hydrogens (tertiary/aromatic N) is 2. The van der Waals surface area contributed by atoms with Crippen molar-refractivity contribution in [3.63, 3.8) is 0 Å². The number of nitrogens with one attached hydrogen (secondary N) is 1. The van der Waals surface area contributed by atoms with Crippen LogP contribution in [0.5, 0.6) is 0 Å². The lowest BCUT2D eigenvalue weighted by molar-refractivity contribution is 0.0695. The topological polar surface area (TPSA) is 56.1 Å². The van der Waals surface area contributed by atoms with Crippen LogP contribution in [0.15, 0.2) is 48.5 Å². The Morgan fingerprint density at radius 2 is 1.92 bits per heavy atom. The zero-order chi connectivity index (χ0) is 17.6. The molecule has 128 valence electrons. The largest absolute Gasteiger partial charge is 0.382 e. The van der Waals surface area contributed by atoms with Crippen molar-refractivity contribution in [2.24, 2.45) is 5.92 Å². The van der Waals surface area contributed by atoms with Gasteiger partial charge in [0.2, 0.25) is 0 Å². The highest BCUT2D eigenvalue weighted by atomic mass is 19.1. The van der Waals surface area contributed by atoms with Crippen molar-refractivity contribution in [3.8, 4) is 6.07 Å². The van der Waals surface area contributed by atoms with Gasteiger partial charge in [0.05, 0.1) is 17.3 Å². The molecule has 1 fully saturated rings. The van der Waals surface area contributed by atoms with Crippen LogP contribution in [-0.2, 0) is 0 Å².